The Bertz CT molecular complexity index is 280. The van der Waals surface area contributed by atoms with Crippen LogP contribution in [-0.4, -0.2) is 20.1 Å². The zero-order valence-electron chi connectivity index (χ0n) is 8.06. The van der Waals surface area contributed by atoms with E-state index in [9.17, 15) is 13.2 Å². The summed E-state index contributed by atoms with van der Waals surface area (Å²) in [7, 11) is -3.75. The van der Waals surface area contributed by atoms with Crippen LogP contribution >= 0.6 is 0 Å². The molecule has 0 rings (SSSR count). The van der Waals surface area contributed by atoms with Gasteiger partial charge in [-0.3, -0.25) is 4.89 Å². The van der Waals surface area contributed by atoms with Gasteiger partial charge in [-0.2, -0.15) is 8.42 Å². The Labute approximate surface area is 83.8 Å². The summed E-state index contributed by atoms with van der Waals surface area (Å²) in [5.41, 5.74) is 0. The minimum atomic E-state index is -3.75. The van der Waals surface area contributed by atoms with Gasteiger partial charge in [-0.05, 0) is 6.42 Å². The lowest BCUT2D eigenvalue weighted by molar-refractivity contribution is -0.204. The van der Waals surface area contributed by atoms with Crippen molar-refractivity contribution in [1.29, 1.82) is 0 Å². The highest BCUT2D eigenvalue weighted by Gasteiger charge is 2.13. The van der Waals surface area contributed by atoms with Crippen LogP contribution in [0.2, 0.25) is 0 Å². The predicted octanol–water partition coefficient (Wildman–Crippen LogP) is 1.17. The standard InChI is InChI=1S/C8H14O5S/c1-3-5-6-7-14(10,11)13-12-8(9)4-2/h4H,2-3,5-7H2,1H3. The Morgan fingerprint density at radius 1 is 1.43 bits per heavy atom. The minimum Gasteiger partial charge on any atom is -0.277 e. The highest BCUT2D eigenvalue weighted by Crippen LogP contribution is 2.02. The van der Waals surface area contributed by atoms with Gasteiger partial charge in [0.15, 0.2) is 0 Å². The summed E-state index contributed by atoms with van der Waals surface area (Å²) in [5, 5.41) is 0. The smallest absolute Gasteiger partial charge is 0.277 e. The van der Waals surface area contributed by atoms with Crippen LogP contribution in [0.1, 0.15) is 26.2 Å². The normalized spacial score (nSPS) is 10.9. The van der Waals surface area contributed by atoms with Crippen LogP contribution < -0.4 is 0 Å². The van der Waals surface area contributed by atoms with Crippen molar-refractivity contribution < 1.29 is 22.4 Å². The van der Waals surface area contributed by atoms with E-state index in [2.05, 4.69) is 15.8 Å². The Kier molecular flexibility index (Phi) is 6.14. The van der Waals surface area contributed by atoms with Gasteiger partial charge < -0.3 is 0 Å². The maximum absolute atomic E-state index is 11.0. The van der Waals surface area contributed by atoms with Crippen molar-refractivity contribution in [2.45, 2.75) is 26.2 Å². The van der Waals surface area contributed by atoms with E-state index >= 15 is 0 Å². The van der Waals surface area contributed by atoms with Crippen LogP contribution in [0.15, 0.2) is 12.7 Å². The molecule has 0 aromatic heterocycles. The number of hydrogen-bond acceptors (Lipinski definition) is 5. The van der Waals surface area contributed by atoms with Gasteiger partial charge >= 0.3 is 16.1 Å². The van der Waals surface area contributed by atoms with Gasteiger partial charge in [0.1, 0.15) is 0 Å². The van der Waals surface area contributed by atoms with Crippen LogP contribution in [0.25, 0.3) is 0 Å². The van der Waals surface area contributed by atoms with Gasteiger partial charge in [-0.15, -0.1) is 0 Å². The summed E-state index contributed by atoms with van der Waals surface area (Å²) in [6.45, 7) is 5.04. The molecule has 0 bridgehead atoms. The first-order chi connectivity index (χ1) is 6.52. The Balaban J connectivity index is 3.84. The molecule has 82 valence electrons. The third-order valence-electron chi connectivity index (χ3n) is 1.38. The molecule has 0 aliphatic rings. The fourth-order valence-corrected chi connectivity index (χ4v) is 1.48. The first-order valence-electron chi connectivity index (χ1n) is 4.27. The van der Waals surface area contributed by atoms with Crippen molar-refractivity contribution in [2.24, 2.45) is 0 Å². The Morgan fingerprint density at radius 3 is 2.57 bits per heavy atom. The van der Waals surface area contributed by atoms with Crippen molar-refractivity contribution in [3.05, 3.63) is 12.7 Å². The summed E-state index contributed by atoms with van der Waals surface area (Å²) < 4.78 is 26.0. The van der Waals surface area contributed by atoms with E-state index in [1.807, 2.05) is 6.92 Å². The van der Waals surface area contributed by atoms with E-state index in [1.54, 1.807) is 0 Å². The summed E-state index contributed by atoms with van der Waals surface area (Å²) in [4.78, 5) is 14.4. The van der Waals surface area contributed by atoms with Gasteiger partial charge in [0.2, 0.25) is 0 Å². The molecule has 0 saturated carbocycles. The van der Waals surface area contributed by atoms with Crippen LogP contribution in [0.5, 0.6) is 0 Å². The lowest BCUT2D eigenvalue weighted by Crippen LogP contribution is -2.13. The van der Waals surface area contributed by atoms with Crippen LogP contribution in [0.3, 0.4) is 0 Å². The highest BCUT2D eigenvalue weighted by atomic mass is 32.2. The maximum atomic E-state index is 11.0. The molecule has 0 aliphatic carbocycles. The minimum absolute atomic E-state index is 0.148. The third-order valence-corrected chi connectivity index (χ3v) is 2.45. The van der Waals surface area contributed by atoms with E-state index in [0.29, 0.717) is 6.42 Å². The average molecular weight is 222 g/mol. The zero-order chi connectivity index (χ0) is 11.0. The van der Waals surface area contributed by atoms with Crippen molar-refractivity contribution >= 4 is 16.1 Å². The van der Waals surface area contributed by atoms with Crippen LogP contribution in [0.4, 0.5) is 0 Å². The van der Waals surface area contributed by atoms with Gasteiger partial charge in [0.25, 0.3) is 0 Å². The summed E-state index contributed by atoms with van der Waals surface area (Å²) in [6.07, 6.45) is 3.01. The number of hydrogen-bond donors (Lipinski definition) is 0. The van der Waals surface area contributed by atoms with Gasteiger partial charge in [0.05, 0.1) is 5.75 Å². The molecule has 14 heavy (non-hydrogen) atoms. The zero-order valence-corrected chi connectivity index (χ0v) is 8.88. The molecule has 0 N–H and O–H groups in total. The summed E-state index contributed by atoms with van der Waals surface area (Å²) >= 11 is 0. The number of unbranched alkanes of at least 4 members (excludes halogenated alkanes) is 2. The van der Waals surface area contributed by atoms with Crippen molar-refractivity contribution in [3.63, 3.8) is 0 Å². The molecule has 0 aromatic rings. The molecule has 0 heterocycles. The highest BCUT2D eigenvalue weighted by molar-refractivity contribution is 7.86. The molecule has 0 fully saturated rings. The maximum Gasteiger partial charge on any atom is 0.366 e. The predicted molar refractivity (Wildman–Crippen MR) is 50.7 cm³/mol. The first kappa shape index (κ1) is 13.1. The number of carbonyl (C=O) groups is 1. The Hall–Kier alpha value is -0.880. The molecule has 6 heteroatoms. The quantitative estimate of drug-likeness (QED) is 0.280. The fourth-order valence-electron chi connectivity index (χ4n) is 0.682. The Morgan fingerprint density at radius 2 is 2.07 bits per heavy atom. The molecule has 0 aromatic carbocycles. The second-order valence-electron chi connectivity index (χ2n) is 2.64. The lowest BCUT2D eigenvalue weighted by Gasteiger charge is -2.01. The van der Waals surface area contributed by atoms with E-state index in [-0.39, 0.29) is 5.75 Å². The molecule has 0 spiro atoms. The molecular weight excluding hydrogens is 208 g/mol. The molecule has 0 aliphatic heterocycles. The SMILES string of the molecule is C=CC(=O)OOS(=O)(=O)CCCCC. The second kappa shape index (κ2) is 6.56. The largest absolute Gasteiger partial charge is 0.366 e. The van der Waals surface area contributed by atoms with Gasteiger partial charge in [-0.25, -0.2) is 4.79 Å². The fraction of sp³-hybridized carbons (Fsp3) is 0.625. The van der Waals surface area contributed by atoms with Crippen LogP contribution in [-0.2, 0) is 24.1 Å². The summed E-state index contributed by atoms with van der Waals surface area (Å²) in [5.74, 6) is -1.07. The molecule has 0 atom stereocenters. The van der Waals surface area contributed by atoms with Gasteiger partial charge in [0, 0.05) is 6.08 Å². The average Bonchev–Trinajstić information content (AvgIpc) is 2.14. The van der Waals surface area contributed by atoms with E-state index in [4.69, 9.17) is 0 Å². The van der Waals surface area contributed by atoms with Crippen LogP contribution in [0, 0.1) is 0 Å². The summed E-state index contributed by atoms with van der Waals surface area (Å²) in [6, 6.07) is 0. The number of carbonyl (C=O) groups excluding carboxylic acids is 1. The lowest BCUT2D eigenvalue weighted by atomic mass is 10.3. The second-order valence-corrected chi connectivity index (χ2v) is 4.30. The molecule has 0 saturated heterocycles. The van der Waals surface area contributed by atoms with E-state index in [0.717, 1.165) is 18.9 Å². The molecule has 5 nitrogen and oxygen atoms in total. The van der Waals surface area contributed by atoms with Crippen molar-refractivity contribution in [3.8, 4) is 0 Å². The van der Waals surface area contributed by atoms with Gasteiger partial charge in [-0.1, -0.05) is 30.7 Å². The third kappa shape index (κ3) is 6.62. The van der Waals surface area contributed by atoms with E-state index < -0.39 is 16.1 Å². The monoisotopic (exact) mass is 222 g/mol. The molecule has 0 amide bonds. The van der Waals surface area contributed by atoms with Crippen molar-refractivity contribution in [1.82, 2.24) is 0 Å². The molecule has 0 radical (unpaired) electrons. The first-order valence-corrected chi connectivity index (χ1v) is 5.84. The topological polar surface area (TPSA) is 69.7 Å². The molecule has 0 unspecified atom stereocenters. The number of rotatable bonds is 7. The molecular formula is C8H14O5S. The van der Waals surface area contributed by atoms with E-state index in [1.165, 1.54) is 0 Å². The van der Waals surface area contributed by atoms with Crippen molar-refractivity contribution in [2.75, 3.05) is 5.75 Å².